The molecule has 2 heterocycles. The van der Waals surface area contributed by atoms with Crippen LogP contribution in [0.2, 0.25) is 0 Å². The van der Waals surface area contributed by atoms with Gasteiger partial charge in [0.05, 0.1) is 12.2 Å². The summed E-state index contributed by atoms with van der Waals surface area (Å²) in [4.78, 5) is 13.6. The molecule has 8 nitrogen and oxygen atoms in total. The van der Waals surface area contributed by atoms with Gasteiger partial charge < -0.3 is 15.4 Å². The van der Waals surface area contributed by atoms with Crippen LogP contribution in [0.4, 0.5) is 11.6 Å². The Hall–Kier alpha value is -3.68. The number of ether oxygens (including phenoxy) is 1. The second-order valence-corrected chi connectivity index (χ2v) is 7.95. The van der Waals surface area contributed by atoms with Crippen LogP contribution in [-0.4, -0.2) is 32.7 Å². The first-order valence-corrected chi connectivity index (χ1v) is 10.9. The molecule has 1 aliphatic rings. The monoisotopic (exact) mass is 432 g/mol. The van der Waals surface area contributed by atoms with E-state index in [2.05, 4.69) is 33.1 Å². The Morgan fingerprint density at radius 1 is 1.16 bits per heavy atom. The minimum Gasteiger partial charge on any atom is -0.493 e. The molecule has 4 rings (SSSR count). The molecule has 2 aromatic carbocycles. The molecule has 0 aliphatic carbocycles. The third kappa shape index (κ3) is 4.08. The molecule has 166 valence electrons. The third-order valence-corrected chi connectivity index (χ3v) is 5.78. The quantitative estimate of drug-likeness (QED) is 0.538. The number of unbranched alkanes of at least 4 members (excludes halogenated alkanes) is 1. The number of anilines is 2. The van der Waals surface area contributed by atoms with Gasteiger partial charge in [0.15, 0.2) is 0 Å². The average molecular weight is 433 g/mol. The Morgan fingerprint density at radius 2 is 1.97 bits per heavy atom. The second-order valence-electron chi connectivity index (χ2n) is 7.95. The summed E-state index contributed by atoms with van der Waals surface area (Å²) in [6.07, 6.45) is 1.99. The van der Waals surface area contributed by atoms with Crippen molar-refractivity contribution in [1.29, 1.82) is 0 Å². The molecule has 3 aromatic rings. The summed E-state index contributed by atoms with van der Waals surface area (Å²) in [7, 11) is 0. The number of hydrogen-bond donors (Lipinski definition) is 2. The van der Waals surface area contributed by atoms with Crippen molar-refractivity contribution < 1.29 is 9.53 Å². The summed E-state index contributed by atoms with van der Waals surface area (Å²) in [5.41, 5.74) is 5.00. The van der Waals surface area contributed by atoms with Gasteiger partial charge in [0.2, 0.25) is 5.95 Å². The van der Waals surface area contributed by atoms with Crippen LogP contribution in [-0.2, 0) is 4.79 Å². The van der Waals surface area contributed by atoms with Crippen molar-refractivity contribution >= 4 is 17.5 Å². The summed E-state index contributed by atoms with van der Waals surface area (Å²) in [5.74, 6) is 0.997. The number of rotatable bonds is 7. The molecular formula is C24H28N6O2. The molecule has 1 aliphatic heterocycles. The molecular weight excluding hydrogens is 404 g/mol. The smallest absolute Gasteiger partial charge is 0.255 e. The standard InChI is InChI=1S/C24H28N6O2/c1-5-6-14-32-20-13-8-7-11-18(20)22-21(17(4)25-24-27-28-29-30(22)24)23(31)26-19-12-9-10-15(2)16(19)3/h7-13,22H,5-6,14H2,1-4H3,(H,26,31)(H,25,27,29). The van der Waals surface area contributed by atoms with E-state index in [1.807, 2.05) is 63.2 Å². The lowest BCUT2D eigenvalue weighted by Crippen LogP contribution is -2.32. The molecule has 2 N–H and O–H groups in total. The van der Waals surface area contributed by atoms with Crippen molar-refractivity contribution in [3.05, 3.63) is 70.4 Å². The van der Waals surface area contributed by atoms with Crippen molar-refractivity contribution in [3.63, 3.8) is 0 Å². The Kier molecular flexibility index (Phi) is 6.20. The van der Waals surface area contributed by atoms with Crippen LogP contribution >= 0.6 is 0 Å². The van der Waals surface area contributed by atoms with Crippen LogP contribution in [0, 0.1) is 13.8 Å². The molecule has 0 radical (unpaired) electrons. The Morgan fingerprint density at radius 3 is 2.78 bits per heavy atom. The predicted molar refractivity (Wildman–Crippen MR) is 124 cm³/mol. The molecule has 0 spiro atoms. The Balaban J connectivity index is 1.76. The minimum atomic E-state index is -0.524. The van der Waals surface area contributed by atoms with Crippen molar-refractivity contribution in [2.45, 2.75) is 46.6 Å². The van der Waals surface area contributed by atoms with Crippen molar-refractivity contribution in [2.75, 3.05) is 17.2 Å². The molecule has 1 atom stereocenters. The minimum absolute atomic E-state index is 0.210. The van der Waals surface area contributed by atoms with Gasteiger partial charge in [0.25, 0.3) is 5.91 Å². The van der Waals surface area contributed by atoms with Gasteiger partial charge in [-0.15, -0.1) is 0 Å². The highest BCUT2D eigenvalue weighted by atomic mass is 16.5. The van der Waals surface area contributed by atoms with Crippen LogP contribution in [0.3, 0.4) is 0 Å². The maximum atomic E-state index is 13.6. The summed E-state index contributed by atoms with van der Waals surface area (Å²) >= 11 is 0. The van der Waals surface area contributed by atoms with E-state index in [-0.39, 0.29) is 5.91 Å². The van der Waals surface area contributed by atoms with E-state index in [4.69, 9.17) is 4.74 Å². The van der Waals surface area contributed by atoms with E-state index in [0.717, 1.165) is 41.0 Å². The first-order valence-electron chi connectivity index (χ1n) is 10.9. The highest BCUT2D eigenvalue weighted by molar-refractivity contribution is 6.06. The van der Waals surface area contributed by atoms with E-state index in [1.165, 1.54) is 0 Å². The lowest BCUT2D eigenvalue weighted by Gasteiger charge is -2.29. The van der Waals surface area contributed by atoms with Gasteiger partial charge in [0.1, 0.15) is 11.8 Å². The highest BCUT2D eigenvalue weighted by Gasteiger charge is 2.35. The van der Waals surface area contributed by atoms with Gasteiger partial charge >= 0.3 is 0 Å². The fraction of sp³-hybridized carbons (Fsp3) is 0.333. The summed E-state index contributed by atoms with van der Waals surface area (Å²) in [5, 5.41) is 18.3. The van der Waals surface area contributed by atoms with Crippen LogP contribution in [0.1, 0.15) is 49.4 Å². The lowest BCUT2D eigenvalue weighted by molar-refractivity contribution is -0.113. The molecule has 0 fully saturated rings. The van der Waals surface area contributed by atoms with Gasteiger partial charge in [-0.1, -0.05) is 48.8 Å². The van der Waals surface area contributed by atoms with Gasteiger partial charge in [-0.2, -0.15) is 4.68 Å². The first kappa shape index (κ1) is 21.5. The third-order valence-electron chi connectivity index (χ3n) is 5.78. The van der Waals surface area contributed by atoms with Gasteiger partial charge in [-0.05, 0) is 60.9 Å². The number of carbonyl (C=O) groups is 1. The molecule has 1 unspecified atom stereocenters. The number of carbonyl (C=O) groups excluding carboxylic acids is 1. The van der Waals surface area contributed by atoms with Gasteiger partial charge in [0, 0.05) is 16.9 Å². The van der Waals surface area contributed by atoms with E-state index < -0.39 is 6.04 Å². The number of benzene rings is 2. The van der Waals surface area contributed by atoms with E-state index in [0.29, 0.717) is 23.8 Å². The number of tetrazole rings is 1. The SMILES string of the molecule is CCCCOc1ccccc1C1C(C(=O)Nc2cccc(C)c2C)=C(C)Nc2nnnn21. The summed E-state index contributed by atoms with van der Waals surface area (Å²) in [6, 6.07) is 13.1. The number of hydrogen-bond acceptors (Lipinski definition) is 6. The topological polar surface area (TPSA) is 94.0 Å². The molecule has 0 saturated heterocycles. The van der Waals surface area contributed by atoms with E-state index in [9.17, 15) is 4.79 Å². The van der Waals surface area contributed by atoms with E-state index in [1.54, 1.807) is 4.68 Å². The Labute approximate surface area is 187 Å². The second kappa shape index (κ2) is 9.21. The number of amides is 1. The molecule has 1 amide bonds. The molecule has 0 bridgehead atoms. The molecule has 8 heteroatoms. The van der Waals surface area contributed by atoms with Crippen LogP contribution in [0.5, 0.6) is 5.75 Å². The lowest BCUT2D eigenvalue weighted by atomic mass is 9.94. The fourth-order valence-corrected chi connectivity index (χ4v) is 3.83. The predicted octanol–water partition coefficient (Wildman–Crippen LogP) is 4.40. The molecule has 1 aromatic heterocycles. The number of nitrogens with zero attached hydrogens (tertiary/aromatic N) is 4. The van der Waals surface area contributed by atoms with Crippen LogP contribution in [0.15, 0.2) is 53.7 Å². The normalized spacial score (nSPS) is 15.2. The highest BCUT2D eigenvalue weighted by Crippen LogP contribution is 2.39. The molecule has 32 heavy (non-hydrogen) atoms. The maximum Gasteiger partial charge on any atom is 0.255 e. The number of nitrogens with one attached hydrogen (secondary N) is 2. The zero-order valence-electron chi connectivity index (χ0n) is 18.8. The van der Waals surface area contributed by atoms with Crippen molar-refractivity contribution in [1.82, 2.24) is 20.2 Å². The number of aryl methyl sites for hydroxylation is 1. The van der Waals surface area contributed by atoms with Crippen LogP contribution < -0.4 is 15.4 Å². The van der Waals surface area contributed by atoms with Crippen LogP contribution in [0.25, 0.3) is 0 Å². The first-order chi connectivity index (χ1) is 15.5. The number of para-hydroxylation sites is 1. The largest absolute Gasteiger partial charge is 0.493 e. The number of aromatic nitrogens is 4. The van der Waals surface area contributed by atoms with Gasteiger partial charge in [-0.25, -0.2) is 0 Å². The van der Waals surface area contributed by atoms with Crippen molar-refractivity contribution in [2.24, 2.45) is 0 Å². The fourth-order valence-electron chi connectivity index (χ4n) is 3.83. The van der Waals surface area contributed by atoms with E-state index >= 15 is 0 Å². The summed E-state index contributed by atoms with van der Waals surface area (Å²) < 4.78 is 7.71. The zero-order chi connectivity index (χ0) is 22.7. The number of fused-ring (bicyclic) bond motifs is 1. The number of allylic oxidation sites excluding steroid dienone is 1. The average Bonchev–Trinajstić information content (AvgIpc) is 3.24. The Bertz CT molecular complexity index is 1170. The maximum absolute atomic E-state index is 13.6. The zero-order valence-corrected chi connectivity index (χ0v) is 18.8. The summed E-state index contributed by atoms with van der Waals surface area (Å²) in [6.45, 7) is 8.62. The van der Waals surface area contributed by atoms with Gasteiger partial charge in [-0.3, -0.25) is 4.79 Å². The molecule has 0 saturated carbocycles. The van der Waals surface area contributed by atoms with Crippen molar-refractivity contribution in [3.8, 4) is 5.75 Å².